The predicted molar refractivity (Wildman–Crippen MR) is 121 cm³/mol. The molecular formula is C27H22N2O. The van der Waals surface area contributed by atoms with Crippen LogP contribution in [0.3, 0.4) is 0 Å². The number of hydrogen-bond acceptors (Lipinski definition) is 3. The summed E-state index contributed by atoms with van der Waals surface area (Å²) in [4.78, 5) is 0. The Morgan fingerprint density at radius 3 is 2.47 bits per heavy atom. The lowest BCUT2D eigenvalue weighted by molar-refractivity contribution is -0.0190. The van der Waals surface area contributed by atoms with Crippen LogP contribution in [0.4, 0.5) is 0 Å². The Balaban J connectivity index is 1.44. The fourth-order valence-electron chi connectivity index (χ4n) is 4.53. The van der Waals surface area contributed by atoms with Crippen LogP contribution in [0.2, 0.25) is 0 Å². The van der Waals surface area contributed by atoms with Crippen LogP contribution in [-0.4, -0.2) is 10.7 Å². The molecule has 0 amide bonds. The van der Waals surface area contributed by atoms with Gasteiger partial charge in [-0.25, -0.2) is 5.01 Å². The largest absolute Gasteiger partial charge is 0.464 e. The van der Waals surface area contributed by atoms with E-state index >= 15 is 0 Å². The van der Waals surface area contributed by atoms with E-state index in [2.05, 4.69) is 96.9 Å². The topological polar surface area (TPSA) is 24.8 Å². The van der Waals surface area contributed by atoms with Gasteiger partial charge in [0.1, 0.15) is 5.75 Å². The van der Waals surface area contributed by atoms with E-state index in [1.54, 1.807) is 0 Å². The van der Waals surface area contributed by atoms with Crippen molar-refractivity contribution in [3.8, 4) is 5.75 Å². The molecule has 0 saturated carbocycles. The molecule has 146 valence electrons. The van der Waals surface area contributed by atoms with Crippen molar-refractivity contribution in [2.24, 2.45) is 5.10 Å². The summed E-state index contributed by atoms with van der Waals surface area (Å²) >= 11 is 0. The maximum Gasteiger partial charge on any atom is 0.213 e. The summed E-state index contributed by atoms with van der Waals surface area (Å²) in [5.41, 5.74) is 5.88. The van der Waals surface area contributed by atoms with Crippen molar-refractivity contribution < 1.29 is 4.74 Å². The normalized spacial score (nSPS) is 19.8. The molecule has 0 radical (unpaired) electrons. The van der Waals surface area contributed by atoms with Gasteiger partial charge in [0.25, 0.3) is 0 Å². The molecule has 3 heteroatoms. The number of benzene rings is 4. The van der Waals surface area contributed by atoms with E-state index in [1.807, 2.05) is 6.07 Å². The van der Waals surface area contributed by atoms with E-state index in [1.165, 1.54) is 27.5 Å². The Morgan fingerprint density at radius 2 is 1.60 bits per heavy atom. The van der Waals surface area contributed by atoms with E-state index in [0.717, 1.165) is 23.4 Å². The van der Waals surface area contributed by atoms with Crippen molar-refractivity contribution in [2.45, 2.75) is 25.6 Å². The standard InChI is InChI=1S/C27H22N2O/c1-18-10-12-20(13-11-18)27-29-25(23-8-4-5-9-26(23)30-27)17-24(28-29)22-15-14-19-6-2-3-7-21(19)16-22/h2-16,25,27H,17H2,1H3. The molecule has 2 heterocycles. The number of nitrogens with zero attached hydrogens (tertiary/aromatic N) is 2. The summed E-state index contributed by atoms with van der Waals surface area (Å²) in [6.07, 6.45) is 0.657. The van der Waals surface area contributed by atoms with Crippen LogP contribution in [-0.2, 0) is 0 Å². The second-order valence-corrected chi connectivity index (χ2v) is 8.13. The number of hydrogen-bond donors (Lipinski definition) is 0. The van der Waals surface area contributed by atoms with Crippen LogP contribution < -0.4 is 4.74 Å². The highest BCUT2D eigenvalue weighted by Crippen LogP contribution is 2.47. The molecule has 2 atom stereocenters. The van der Waals surface area contributed by atoms with Crippen LogP contribution in [0.25, 0.3) is 10.8 Å². The fraction of sp³-hybridized carbons (Fsp3) is 0.148. The lowest BCUT2D eigenvalue weighted by Gasteiger charge is -2.38. The lowest BCUT2D eigenvalue weighted by Crippen LogP contribution is -2.33. The van der Waals surface area contributed by atoms with Crippen molar-refractivity contribution in [3.63, 3.8) is 0 Å². The maximum atomic E-state index is 6.45. The molecule has 4 aromatic rings. The molecule has 6 rings (SSSR count). The summed E-state index contributed by atoms with van der Waals surface area (Å²) in [5.74, 6) is 0.958. The van der Waals surface area contributed by atoms with Crippen LogP contribution in [0.15, 0.2) is 96.1 Å². The summed E-state index contributed by atoms with van der Waals surface area (Å²) in [6, 6.07) is 32.2. The Morgan fingerprint density at radius 1 is 0.833 bits per heavy atom. The third kappa shape index (κ3) is 2.78. The number of hydrazone groups is 1. The third-order valence-corrected chi connectivity index (χ3v) is 6.14. The molecule has 0 fully saturated rings. The maximum absolute atomic E-state index is 6.45. The van der Waals surface area contributed by atoms with Gasteiger partial charge in [-0.15, -0.1) is 0 Å². The van der Waals surface area contributed by atoms with Gasteiger partial charge in [-0.2, -0.15) is 5.10 Å². The lowest BCUT2D eigenvalue weighted by atomic mass is 9.95. The summed E-state index contributed by atoms with van der Waals surface area (Å²) in [7, 11) is 0. The van der Waals surface area contributed by atoms with E-state index in [-0.39, 0.29) is 12.3 Å². The minimum Gasteiger partial charge on any atom is -0.464 e. The van der Waals surface area contributed by atoms with E-state index in [9.17, 15) is 0 Å². The monoisotopic (exact) mass is 390 g/mol. The minimum atomic E-state index is -0.219. The Bertz CT molecular complexity index is 1280. The third-order valence-electron chi connectivity index (χ3n) is 6.14. The molecule has 3 nitrogen and oxygen atoms in total. The zero-order valence-corrected chi connectivity index (χ0v) is 16.8. The Hall–Kier alpha value is -3.59. The van der Waals surface area contributed by atoms with Crippen LogP contribution in [0.5, 0.6) is 5.75 Å². The van der Waals surface area contributed by atoms with Gasteiger partial charge in [-0.05, 0) is 35.4 Å². The number of aryl methyl sites for hydroxylation is 1. The van der Waals surface area contributed by atoms with E-state index < -0.39 is 0 Å². The van der Waals surface area contributed by atoms with Crippen LogP contribution in [0.1, 0.15) is 40.9 Å². The first kappa shape index (κ1) is 17.3. The van der Waals surface area contributed by atoms with Crippen molar-refractivity contribution in [2.75, 3.05) is 0 Å². The molecule has 2 unspecified atom stereocenters. The smallest absolute Gasteiger partial charge is 0.213 e. The van der Waals surface area contributed by atoms with Gasteiger partial charge >= 0.3 is 0 Å². The number of para-hydroxylation sites is 1. The van der Waals surface area contributed by atoms with Crippen molar-refractivity contribution in [1.29, 1.82) is 0 Å². The van der Waals surface area contributed by atoms with Gasteiger partial charge in [-0.3, -0.25) is 0 Å². The van der Waals surface area contributed by atoms with Crippen molar-refractivity contribution >= 4 is 16.5 Å². The van der Waals surface area contributed by atoms with Crippen LogP contribution in [0, 0.1) is 6.92 Å². The Labute approximate surface area is 176 Å². The molecule has 0 aromatic heterocycles. The highest BCUT2D eigenvalue weighted by atomic mass is 16.5. The zero-order valence-electron chi connectivity index (χ0n) is 16.8. The molecule has 0 aliphatic carbocycles. The summed E-state index contributed by atoms with van der Waals surface area (Å²) < 4.78 is 6.45. The predicted octanol–water partition coefficient (Wildman–Crippen LogP) is 6.39. The molecule has 0 spiro atoms. The fourth-order valence-corrected chi connectivity index (χ4v) is 4.53. The zero-order chi connectivity index (χ0) is 20.1. The molecule has 2 aliphatic rings. The first-order valence-corrected chi connectivity index (χ1v) is 10.4. The highest BCUT2D eigenvalue weighted by molar-refractivity contribution is 6.04. The van der Waals surface area contributed by atoms with Gasteiger partial charge in [-0.1, -0.05) is 84.4 Å². The molecule has 30 heavy (non-hydrogen) atoms. The van der Waals surface area contributed by atoms with Gasteiger partial charge in [0.05, 0.1) is 11.8 Å². The van der Waals surface area contributed by atoms with Crippen molar-refractivity contribution in [3.05, 3.63) is 113 Å². The summed E-state index contributed by atoms with van der Waals surface area (Å²) in [5, 5.41) is 9.74. The summed E-state index contributed by atoms with van der Waals surface area (Å²) in [6.45, 7) is 2.11. The average Bonchev–Trinajstić information content (AvgIpc) is 3.25. The van der Waals surface area contributed by atoms with E-state index in [0.29, 0.717) is 0 Å². The van der Waals surface area contributed by atoms with Gasteiger partial charge < -0.3 is 4.74 Å². The number of rotatable bonds is 2. The molecule has 0 bridgehead atoms. The average molecular weight is 390 g/mol. The minimum absolute atomic E-state index is 0.183. The van der Waals surface area contributed by atoms with Gasteiger partial charge in [0.2, 0.25) is 6.23 Å². The Kier molecular flexibility index (Phi) is 3.88. The number of fused-ring (bicyclic) bond motifs is 4. The van der Waals surface area contributed by atoms with E-state index in [4.69, 9.17) is 9.84 Å². The molecule has 0 saturated heterocycles. The SMILES string of the molecule is Cc1ccc(C2Oc3ccccc3C3CC(c4ccc5ccccc5c4)=NN32)cc1. The van der Waals surface area contributed by atoms with Crippen LogP contribution >= 0.6 is 0 Å². The second kappa shape index (κ2) is 6.74. The van der Waals surface area contributed by atoms with Gasteiger partial charge in [0.15, 0.2) is 0 Å². The number of ether oxygens (including phenoxy) is 1. The van der Waals surface area contributed by atoms with Gasteiger partial charge in [0, 0.05) is 17.5 Å². The van der Waals surface area contributed by atoms with Crippen molar-refractivity contribution in [1.82, 2.24) is 5.01 Å². The quantitative estimate of drug-likeness (QED) is 0.396. The second-order valence-electron chi connectivity index (χ2n) is 8.13. The molecular weight excluding hydrogens is 368 g/mol. The molecule has 4 aromatic carbocycles. The first-order valence-electron chi connectivity index (χ1n) is 10.4. The first-order chi connectivity index (χ1) is 14.8. The molecule has 2 aliphatic heterocycles. The highest BCUT2D eigenvalue weighted by Gasteiger charge is 2.40. The molecule has 0 N–H and O–H groups in total.